The van der Waals surface area contributed by atoms with Crippen LogP contribution in [0.15, 0.2) is 24.3 Å². The van der Waals surface area contributed by atoms with Crippen molar-refractivity contribution in [2.75, 3.05) is 6.61 Å². The van der Waals surface area contributed by atoms with Gasteiger partial charge in [-0.1, -0.05) is 71.4 Å². The minimum atomic E-state index is -1.30. The highest BCUT2D eigenvalue weighted by atomic mass is 16.6. The van der Waals surface area contributed by atoms with Crippen molar-refractivity contribution in [3.8, 4) is 11.5 Å². The largest absolute Gasteiger partial charge is 0.487 e. The van der Waals surface area contributed by atoms with Crippen molar-refractivity contribution in [3.05, 3.63) is 24.3 Å². The van der Waals surface area contributed by atoms with E-state index in [0.29, 0.717) is 30.9 Å². The third-order valence-electron chi connectivity index (χ3n) is 5.38. The highest BCUT2D eigenvalue weighted by Gasteiger charge is 2.46. The van der Waals surface area contributed by atoms with E-state index < -0.39 is 17.4 Å². The van der Waals surface area contributed by atoms with E-state index in [-0.39, 0.29) is 6.10 Å². The van der Waals surface area contributed by atoms with Crippen molar-refractivity contribution in [2.24, 2.45) is 5.41 Å². The van der Waals surface area contributed by atoms with Gasteiger partial charge in [0.25, 0.3) is 0 Å². The first-order chi connectivity index (χ1) is 14.4. The summed E-state index contributed by atoms with van der Waals surface area (Å²) in [6.45, 7) is 9.99. The first kappa shape index (κ1) is 26.0. The molecule has 0 amide bonds. The first-order valence-electron chi connectivity index (χ1n) is 11.6. The molecular weight excluding hydrogens is 380 g/mol. The topological polar surface area (TPSA) is 61.8 Å². The summed E-state index contributed by atoms with van der Waals surface area (Å²) in [4.78, 5) is 25.9. The zero-order chi connectivity index (χ0) is 22.4. The summed E-state index contributed by atoms with van der Waals surface area (Å²) in [6.07, 6.45) is 8.59. The molecule has 0 aliphatic rings. The number of esters is 2. The van der Waals surface area contributed by atoms with E-state index in [0.717, 1.165) is 19.3 Å². The second kappa shape index (κ2) is 14.1. The molecule has 0 aliphatic carbocycles. The molecule has 5 nitrogen and oxygen atoms in total. The lowest BCUT2D eigenvalue weighted by molar-refractivity contribution is -0.168. The number of carbonyl (C=O) groups excluding carboxylic acids is 2. The molecule has 1 aromatic rings. The minimum absolute atomic E-state index is 0.0566. The Balaban J connectivity index is 2.67. The van der Waals surface area contributed by atoms with Gasteiger partial charge in [-0.15, -0.1) is 0 Å². The van der Waals surface area contributed by atoms with Crippen molar-refractivity contribution in [3.63, 3.8) is 0 Å². The third kappa shape index (κ3) is 8.00. The summed E-state index contributed by atoms with van der Waals surface area (Å²) >= 11 is 0. The van der Waals surface area contributed by atoms with E-state index in [1.807, 2.05) is 33.8 Å². The van der Waals surface area contributed by atoms with Crippen LogP contribution in [-0.4, -0.2) is 24.6 Å². The van der Waals surface area contributed by atoms with Gasteiger partial charge in [-0.05, 0) is 45.2 Å². The van der Waals surface area contributed by atoms with Crippen molar-refractivity contribution in [1.82, 2.24) is 0 Å². The fourth-order valence-corrected chi connectivity index (χ4v) is 3.36. The SMILES string of the molecule is CCCCCCCCCOC(=O)C(CC)(CC)C(=O)Oc1ccccc1OC(C)C. The molecule has 0 radical (unpaired) electrons. The van der Waals surface area contributed by atoms with Crippen LogP contribution in [0.5, 0.6) is 11.5 Å². The normalized spacial score (nSPS) is 11.4. The summed E-state index contributed by atoms with van der Waals surface area (Å²) in [5.74, 6) is -0.275. The Kier molecular flexibility index (Phi) is 12.2. The third-order valence-corrected chi connectivity index (χ3v) is 5.38. The van der Waals surface area contributed by atoms with E-state index in [2.05, 4.69) is 6.92 Å². The van der Waals surface area contributed by atoms with E-state index in [1.54, 1.807) is 18.2 Å². The molecule has 0 spiro atoms. The molecule has 1 rings (SSSR count). The molecule has 0 fully saturated rings. The summed E-state index contributed by atoms with van der Waals surface area (Å²) < 4.78 is 16.9. The van der Waals surface area contributed by atoms with Crippen molar-refractivity contribution < 1.29 is 23.8 Å². The maximum absolute atomic E-state index is 13.0. The van der Waals surface area contributed by atoms with Gasteiger partial charge in [0.15, 0.2) is 16.9 Å². The number of rotatable bonds is 15. The molecule has 0 unspecified atom stereocenters. The zero-order valence-corrected chi connectivity index (χ0v) is 19.5. The molecule has 5 heteroatoms. The molecule has 0 saturated carbocycles. The number of ether oxygens (including phenoxy) is 3. The number of unbranched alkanes of at least 4 members (excludes halogenated alkanes) is 6. The van der Waals surface area contributed by atoms with Gasteiger partial charge >= 0.3 is 11.9 Å². The Morgan fingerprint density at radius 1 is 0.833 bits per heavy atom. The maximum Gasteiger partial charge on any atom is 0.328 e. The molecule has 0 aliphatic heterocycles. The number of hydrogen-bond donors (Lipinski definition) is 0. The van der Waals surface area contributed by atoms with Gasteiger partial charge in [-0.25, -0.2) is 0 Å². The van der Waals surface area contributed by atoms with Gasteiger partial charge in [0.05, 0.1) is 12.7 Å². The van der Waals surface area contributed by atoms with Crippen LogP contribution in [0.25, 0.3) is 0 Å². The van der Waals surface area contributed by atoms with E-state index in [1.165, 1.54) is 25.7 Å². The molecular formula is C25H40O5. The average molecular weight is 421 g/mol. The fraction of sp³-hybridized carbons (Fsp3) is 0.680. The van der Waals surface area contributed by atoms with Crippen molar-refractivity contribution >= 4 is 11.9 Å². The molecule has 0 bridgehead atoms. The van der Waals surface area contributed by atoms with Crippen LogP contribution in [0, 0.1) is 5.41 Å². The van der Waals surface area contributed by atoms with E-state index in [9.17, 15) is 9.59 Å². The van der Waals surface area contributed by atoms with Crippen LogP contribution >= 0.6 is 0 Å². The summed E-state index contributed by atoms with van der Waals surface area (Å²) in [5, 5.41) is 0. The number of carbonyl (C=O) groups is 2. The minimum Gasteiger partial charge on any atom is -0.487 e. The fourth-order valence-electron chi connectivity index (χ4n) is 3.36. The van der Waals surface area contributed by atoms with Gasteiger partial charge in [-0.3, -0.25) is 9.59 Å². The first-order valence-corrected chi connectivity index (χ1v) is 11.6. The monoisotopic (exact) mass is 420 g/mol. The van der Waals surface area contributed by atoms with Gasteiger partial charge < -0.3 is 14.2 Å². The maximum atomic E-state index is 13.0. The second-order valence-corrected chi connectivity index (χ2v) is 8.05. The molecule has 0 saturated heterocycles. The van der Waals surface area contributed by atoms with Gasteiger partial charge in [0.1, 0.15) is 0 Å². The highest BCUT2D eigenvalue weighted by Crippen LogP contribution is 2.34. The number of benzene rings is 1. The Hall–Kier alpha value is -2.04. The van der Waals surface area contributed by atoms with Gasteiger partial charge in [-0.2, -0.15) is 0 Å². The predicted octanol–water partition coefficient (Wildman–Crippen LogP) is 6.48. The molecule has 30 heavy (non-hydrogen) atoms. The number of para-hydroxylation sites is 2. The zero-order valence-electron chi connectivity index (χ0n) is 19.5. The second-order valence-electron chi connectivity index (χ2n) is 8.05. The lowest BCUT2D eigenvalue weighted by Crippen LogP contribution is -2.42. The Morgan fingerprint density at radius 2 is 1.40 bits per heavy atom. The van der Waals surface area contributed by atoms with Crippen LogP contribution < -0.4 is 9.47 Å². The standard InChI is InChI=1S/C25H40O5/c1-6-9-10-11-12-13-16-19-28-23(26)25(7-2,8-3)24(27)30-22-18-15-14-17-21(22)29-20(4)5/h14-15,17-18,20H,6-13,16,19H2,1-5H3. The lowest BCUT2D eigenvalue weighted by atomic mass is 9.82. The van der Waals surface area contributed by atoms with Crippen LogP contribution in [0.4, 0.5) is 0 Å². The Morgan fingerprint density at radius 3 is 1.97 bits per heavy atom. The Labute approximate surface area is 182 Å². The molecule has 0 N–H and O–H groups in total. The quantitative estimate of drug-likeness (QED) is 0.141. The van der Waals surface area contributed by atoms with Crippen LogP contribution in [0.2, 0.25) is 0 Å². The highest BCUT2D eigenvalue weighted by molar-refractivity contribution is 6.00. The van der Waals surface area contributed by atoms with Crippen LogP contribution in [-0.2, 0) is 14.3 Å². The summed E-state index contributed by atoms with van der Waals surface area (Å²) in [7, 11) is 0. The predicted molar refractivity (Wildman–Crippen MR) is 120 cm³/mol. The number of hydrogen-bond acceptors (Lipinski definition) is 5. The van der Waals surface area contributed by atoms with Crippen LogP contribution in [0.3, 0.4) is 0 Å². The smallest absolute Gasteiger partial charge is 0.328 e. The van der Waals surface area contributed by atoms with E-state index >= 15 is 0 Å². The summed E-state index contributed by atoms with van der Waals surface area (Å²) in [5.41, 5.74) is -1.30. The van der Waals surface area contributed by atoms with Gasteiger partial charge in [0.2, 0.25) is 0 Å². The van der Waals surface area contributed by atoms with E-state index in [4.69, 9.17) is 14.2 Å². The Bertz CT molecular complexity index is 634. The molecule has 0 heterocycles. The van der Waals surface area contributed by atoms with Crippen molar-refractivity contribution in [2.45, 2.75) is 98.5 Å². The average Bonchev–Trinajstić information content (AvgIpc) is 2.72. The summed E-state index contributed by atoms with van der Waals surface area (Å²) in [6, 6.07) is 7.02. The molecule has 0 aromatic heterocycles. The van der Waals surface area contributed by atoms with Gasteiger partial charge in [0, 0.05) is 0 Å². The molecule has 170 valence electrons. The molecule has 0 atom stereocenters. The van der Waals surface area contributed by atoms with Crippen LogP contribution in [0.1, 0.15) is 92.4 Å². The lowest BCUT2D eigenvalue weighted by Gasteiger charge is -2.27. The van der Waals surface area contributed by atoms with Crippen molar-refractivity contribution in [1.29, 1.82) is 0 Å². The molecule has 1 aromatic carbocycles.